The summed E-state index contributed by atoms with van der Waals surface area (Å²) >= 11 is 1.39. The molecule has 12 heteroatoms. The van der Waals surface area contributed by atoms with Crippen molar-refractivity contribution >= 4 is 34.0 Å². The van der Waals surface area contributed by atoms with Crippen molar-refractivity contribution in [2.24, 2.45) is 0 Å². The zero-order valence-electron chi connectivity index (χ0n) is 18.3. The Balaban J connectivity index is 1.54. The van der Waals surface area contributed by atoms with Gasteiger partial charge in [0.25, 0.3) is 11.6 Å². The number of nitrogens with zero attached hydrogens (tertiary/aromatic N) is 4. The van der Waals surface area contributed by atoms with Gasteiger partial charge in [-0.05, 0) is 57.1 Å². The summed E-state index contributed by atoms with van der Waals surface area (Å²) in [4.78, 5) is 33.7. The van der Waals surface area contributed by atoms with Crippen LogP contribution >= 0.6 is 11.3 Å². The molecule has 0 atom stereocenters. The van der Waals surface area contributed by atoms with Crippen molar-refractivity contribution in [3.8, 4) is 0 Å². The lowest BCUT2D eigenvalue weighted by Gasteiger charge is -2.12. The van der Waals surface area contributed by atoms with Crippen LogP contribution < -0.4 is 5.32 Å². The number of fused-ring (bicyclic) bond motifs is 2. The standard InChI is InChI=1S/C21H22F3N5O3S/c1-10-12(11(2)29-20(25-10)27-19(28-29)21(22,23)24)8-9-15(30)26-17-16(18(31)32-3)13-6-4-5-7-14(13)33-17/h4-9H2,1-3H3,(H,26,30). The summed E-state index contributed by atoms with van der Waals surface area (Å²) in [5, 5.41) is 6.83. The van der Waals surface area contributed by atoms with Crippen molar-refractivity contribution in [2.75, 3.05) is 12.4 Å². The van der Waals surface area contributed by atoms with E-state index in [1.165, 1.54) is 18.4 Å². The molecule has 1 aliphatic carbocycles. The van der Waals surface area contributed by atoms with Crippen LogP contribution in [-0.2, 0) is 35.0 Å². The van der Waals surface area contributed by atoms with Gasteiger partial charge in [0.2, 0.25) is 5.91 Å². The number of carbonyl (C=O) groups excluding carboxylic acids is 2. The second kappa shape index (κ2) is 8.73. The van der Waals surface area contributed by atoms with Crippen molar-refractivity contribution in [1.82, 2.24) is 19.6 Å². The SMILES string of the molecule is COC(=O)c1c(NC(=O)CCc2c(C)nc3nc(C(F)(F)F)nn3c2C)sc2c1CCCC2. The number of rotatable bonds is 5. The number of hydrogen-bond donors (Lipinski definition) is 1. The number of aryl methyl sites for hydroxylation is 3. The Kier molecular flexibility index (Phi) is 6.12. The summed E-state index contributed by atoms with van der Waals surface area (Å²) in [7, 11) is 1.31. The van der Waals surface area contributed by atoms with Crippen LogP contribution in [0.3, 0.4) is 0 Å². The fourth-order valence-electron chi connectivity index (χ4n) is 4.09. The highest BCUT2D eigenvalue weighted by molar-refractivity contribution is 7.17. The highest BCUT2D eigenvalue weighted by Gasteiger charge is 2.37. The Hall–Kier alpha value is -3.02. The Labute approximate surface area is 191 Å². The van der Waals surface area contributed by atoms with Crippen LogP contribution in [0.4, 0.5) is 18.2 Å². The first-order chi connectivity index (χ1) is 15.6. The third-order valence-electron chi connectivity index (χ3n) is 5.72. The van der Waals surface area contributed by atoms with Gasteiger partial charge >= 0.3 is 12.1 Å². The Morgan fingerprint density at radius 1 is 1.18 bits per heavy atom. The molecule has 1 N–H and O–H groups in total. The first-order valence-electron chi connectivity index (χ1n) is 10.4. The van der Waals surface area contributed by atoms with E-state index in [9.17, 15) is 22.8 Å². The summed E-state index contributed by atoms with van der Waals surface area (Å²) in [5.74, 6) is -2.19. The van der Waals surface area contributed by atoms with E-state index in [2.05, 4.69) is 20.4 Å². The summed E-state index contributed by atoms with van der Waals surface area (Å²) in [6.07, 6.45) is -0.729. The molecule has 0 unspecified atom stereocenters. The molecule has 0 bridgehead atoms. The van der Waals surface area contributed by atoms with Gasteiger partial charge in [-0.25, -0.2) is 14.3 Å². The summed E-state index contributed by atoms with van der Waals surface area (Å²) in [6.45, 7) is 3.28. The van der Waals surface area contributed by atoms with Gasteiger partial charge in [0.15, 0.2) is 0 Å². The molecule has 0 fully saturated rings. The number of alkyl halides is 3. The van der Waals surface area contributed by atoms with Gasteiger partial charge in [0, 0.05) is 22.7 Å². The lowest BCUT2D eigenvalue weighted by Crippen LogP contribution is -2.16. The van der Waals surface area contributed by atoms with E-state index in [0.717, 1.165) is 40.6 Å². The minimum atomic E-state index is -4.68. The number of anilines is 1. The molecule has 8 nitrogen and oxygen atoms in total. The van der Waals surface area contributed by atoms with Gasteiger partial charge < -0.3 is 10.1 Å². The van der Waals surface area contributed by atoms with Crippen LogP contribution in [0.25, 0.3) is 5.78 Å². The Morgan fingerprint density at radius 2 is 1.91 bits per heavy atom. The van der Waals surface area contributed by atoms with E-state index in [1.54, 1.807) is 13.8 Å². The number of amides is 1. The molecule has 1 aliphatic rings. The number of esters is 1. The van der Waals surface area contributed by atoms with Crippen molar-refractivity contribution in [3.05, 3.63) is 38.8 Å². The monoisotopic (exact) mass is 481 g/mol. The first kappa shape index (κ1) is 23.1. The van der Waals surface area contributed by atoms with Crippen LogP contribution in [0.1, 0.15) is 62.8 Å². The predicted octanol–water partition coefficient (Wildman–Crippen LogP) is 4.06. The smallest absolute Gasteiger partial charge is 0.453 e. The molecule has 0 saturated heterocycles. The number of methoxy groups -OCH3 is 1. The normalized spacial score (nSPS) is 13.8. The second-order valence-electron chi connectivity index (χ2n) is 7.86. The quantitative estimate of drug-likeness (QED) is 0.552. The average Bonchev–Trinajstić information content (AvgIpc) is 3.34. The van der Waals surface area contributed by atoms with Crippen LogP contribution in [0.2, 0.25) is 0 Å². The maximum absolute atomic E-state index is 13.0. The summed E-state index contributed by atoms with van der Waals surface area (Å²) in [5.41, 5.74) is 2.91. The van der Waals surface area contributed by atoms with Crippen molar-refractivity contribution in [1.29, 1.82) is 0 Å². The first-order valence-corrected chi connectivity index (χ1v) is 11.2. The van der Waals surface area contributed by atoms with E-state index in [1.807, 2.05) is 0 Å². The zero-order chi connectivity index (χ0) is 23.9. The second-order valence-corrected chi connectivity index (χ2v) is 8.97. The van der Waals surface area contributed by atoms with E-state index in [0.29, 0.717) is 27.5 Å². The number of carbonyl (C=O) groups is 2. The molecular weight excluding hydrogens is 459 g/mol. The van der Waals surface area contributed by atoms with Crippen LogP contribution in [-0.4, -0.2) is 38.6 Å². The van der Waals surface area contributed by atoms with Gasteiger partial charge in [0.05, 0.1) is 12.7 Å². The van der Waals surface area contributed by atoms with E-state index >= 15 is 0 Å². The van der Waals surface area contributed by atoms with Gasteiger partial charge in [-0.3, -0.25) is 4.79 Å². The minimum absolute atomic E-state index is 0.0544. The number of hydrogen-bond acceptors (Lipinski definition) is 7. The van der Waals surface area contributed by atoms with Crippen LogP contribution in [0.5, 0.6) is 0 Å². The lowest BCUT2D eigenvalue weighted by atomic mass is 9.95. The Morgan fingerprint density at radius 3 is 2.61 bits per heavy atom. The molecule has 4 rings (SSSR count). The maximum atomic E-state index is 13.0. The number of thiophene rings is 1. The average molecular weight is 482 g/mol. The van der Waals surface area contributed by atoms with Crippen molar-refractivity contribution in [3.63, 3.8) is 0 Å². The molecular formula is C21H22F3N5O3S. The molecule has 1 amide bonds. The Bertz CT molecular complexity index is 1250. The van der Waals surface area contributed by atoms with Crippen molar-refractivity contribution in [2.45, 2.75) is 58.5 Å². The van der Waals surface area contributed by atoms with Gasteiger partial charge in [-0.2, -0.15) is 18.2 Å². The largest absolute Gasteiger partial charge is 0.465 e. The number of aromatic nitrogens is 4. The highest BCUT2D eigenvalue weighted by Crippen LogP contribution is 2.38. The third-order valence-corrected chi connectivity index (χ3v) is 6.93. The zero-order valence-corrected chi connectivity index (χ0v) is 19.1. The molecule has 0 spiro atoms. The molecule has 176 valence electrons. The van der Waals surface area contributed by atoms with Gasteiger partial charge in [0.1, 0.15) is 5.00 Å². The van der Waals surface area contributed by atoms with Crippen molar-refractivity contribution < 1.29 is 27.5 Å². The number of ether oxygens (including phenoxy) is 1. The molecule has 0 saturated carbocycles. The topological polar surface area (TPSA) is 98.5 Å². The number of nitrogens with one attached hydrogen (secondary N) is 1. The van der Waals surface area contributed by atoms with Gasteiger partial charge in [-0.1, -0.05) is 0 Å². The molecule has 3 aromatic rings. The summed E-state index contributed by atoms with van der Waals surface area (Å²) < 4.78 is 44.9. The maximum Gasteiger partial charge on any atom is 0.453 e. The molecule has 0 radical (unpaired) electrons. The van der Waals surface area contributed by atoms with E-state index < -0.39 is 18.0 Å². The van der Waals surface area contributed by atoms with Crippen LogP contribution in [0, 0.1) is 13.8 Å². The lowest BCUT2D eigenvalue weighted by molar-refractivity contribution is -0.144. The molecule has 33 heavy (non-hydrogen) atoms. The van der Waals surface area contributed by atoms with Crippen LogP contribution in [0.15, 0.2) is 0 Å². The predicted molar refractivity (Wildman–Crippen MR) is 115 cm³/mol. The molecule has 0 aromatic carbocycles. The van der Waals surface area contributed by atoms with E-state index in [4.69, 9.17) is 4.74 Å². The molecule has 0 aliphatic heterocycles. The fraction of sp³-hybridized carbons (Fsp3) is 0.476. The molecule has 3 heterocycles. The van der Waals surface area contributed by atoms with E-state index in [-0.39, 0.29) is 24.5 Å². The highest BCUT2D eigenvalue weighted by atomic mass is 32.1. The molecule has 3 aromatic heterocycles. The third kappa shape index (κ3) is 4.43. The van der Waals surface area contributed by atoms with Gasteiger partial charge in [-0.15, -0.1) is 16.4 Å². The fourth-order valence-corrected chi connectivity index (χ4v) is 5.38. The minimum Gasteiger partial charge on any atom is -0.465 e. The summed E-state index contributed by atoms with van der Waals surface area (Å²) in [6, 6.07) is 0. The number of halogens is 3.